The second-order valence-corrected chi connectivity index (χ2v) is 12.5. The summed E-state index contributed by atoms with van der Waals surface area (Å²) in [5.74, 6) is 1.51. The summed E-state index contributed by atoms with van der Waals surface area (Å²) in [6, 6.07) is 16.6. The van der Waals surface area contributed by atoms with Crippen LogP contribution in [0.4, 0.5) is 0 Å². The van der Waals surface area contributed by atoms with Gasteiger partial charge in [-0.1, -0.05) is 47.1 Å². The first-order valence-electron chi connectivity index (χ1n) is 13.1. The van der Waals surface area contributed by atoms with E-state index in [1.54, 1.807) is 0 Å². The van der Waals surface area contributed by atoms with Crippen molar-refractivity contribution in [1.29, 1.82) is 0 Å². The Bertz CT molecular complexity index is 1520. The summed E-state index contributed by atoms with van der Waals surface area (Å²) in [5, 5.41) is 1.10. The highest BCUT2D eigenvalue weighted by atomic mass is 79.9. The highest BCUT2D eigenvalue weighted by molar-refractivity contribution is 9.10. The molecule has 2 saturated carbocycles. The van der Waals surface area contributed by atoms with Crippen LogP contribution in [-0.4, -0.2) is 57.6 Å². The van der Waals surface area contributed by atoms with Crippen molar-refractivity contribution in [3.63, 3.8) is 0 Å². The van der Waals surface area contributed by atoms with Gasteiger partial charge in [-0.15, -0.1) is 0 Å². The quantitative estimate of drug-likeness (QED) is 0.425. The number of fused-ring (bicyclic) bond motifs is 1. The van der Waals surface area contributed by atoms with Crippen LogP contribution < -0.4 is 0 Å². The predicted molar refractivity (Wildman–Crippen MR) is 147 cm³/mol. The molecule has 6 nitrogen and oxygen atoms in total. The summed E-state index contributed by atoms with van der Waals surface area (Å²) < 4.78 is 1.01. The Morgan fingerprint density at radius 2 is 1.81 bits per heavy atom. The first-order valence-corrected chi connectivity index (χ1v) is 13.9. The van der Waals surface area contributed by atoms with Crippen molar-refractivity contribution in [2.45, 2.75) is 45.1 Å². The molecule has 2 aliphatic carbocycles. The molecule has 0 N–H and O–H groups in total. The fourth-order valence-electron chi connectivity index (χ4n) is 5.69. The van der Waals surface area contributed by atoms with Gasteiger partial charge in [0.15, 0.2) is 0 Å². The van der Waals surface area contributed by atoms with Gasteiger partial charge in [0.25, 0.3) is 5.91 Å². The first-order chi connectivity index (χ1) is 17.7. The minimum absolute atomic E-state index is 0.131. The molecule has 7 heteroatoms. The lowest BCUT2D eigenvalue weighted by Crippen LogP contribution is -2.56. The van der Waals surface area contributed by atoms with Crippen molar-refractivity contribution in [3.05, 3.63) is 64.1 Å². The number of aromatic nitrogens is 1. The van der Waals surface area contributed by atoms with Crippen LogP contribution in [0.15, 0.2) is 58.0 Å². The van der Waals surface area contributed by atoms with Crippen LogP contribution in [0.5, 0.6) is 0 Å². The molecule has 3 heterocycles. The number of aliphatic imine (C=N–C) groups is 1. The average Bonchev–Trinajstić information content (AvgIpc) is 3.78. The molecule has 0 atom stereocenters. The Morgan fingerprint density at radius 3 is 2.51 bits per heavy atom. The van der Waals surface area contributed by atoms with Crippen LogP contribution in [0.3, 0.4) is 0 Å². The SMILES string of the molecule is Cc1cc(-c2ccc3ccc(Br)cc3n2)ccc1C1=NC2(CC2)C(=O)N1CC1CN(C(=O)C2(C)CC2)C1. The molecule has 188 valence electrons. The van der Waals surface area contributed by atoms with Gasteiger partial charge in [0.05, 0.1) is 11.2 Å². The van der Waals surface area contributed by atoms with Crippen LogP contribution in [0.25, 0.3) is 22.2 Å². The molecule has 1 spiro atoms. The minimum atomic E-state index is -0.547. The lowest BCUT2D eigenvalue weighted by molar-refractivity contribution is -0.143. The molecule has 3 fully saturated rings. The van der Waals surface area contributed by atoms with E-state index in [1.807, 2.05) is 21.9 Å². The number of amides is 2. The van der Waals surface area contributed by atoms with Crippen molar-refractivity contribution >= 4 is 44.5 Å². The van der Waals surface area contributed by atoms with Crippen LogP contribution in [-0.2, 0) is 9.59 Å². The van der Waals surface area contributed by atoms with E-state index in [1.165, 1.54) is 0 Å². The van der Waals surface area contributed by atoms with Crippen molar-refractivity contribution in [2.75, 3.05) is 19.6 Å². The van der Waals surface area contributed by atoms with E-state index in [0.717, 1.165) is 82.4 Å². The number of aryl methyl sites for hydroxylation is 1. The van der Waals surface area contributed by atoms with Crippen LogP contribution in [0.2, 0.25) is 0 Å². The largest absolute Gasteiger partial charge is 0.341 e. The second kappa shape index (κ2) is 7.97. The molecule has 2 aliphatic heterocycles. The maximum Gasteiger partial charge on any atom is 0.256 e. The Balaban J connectivity index is 1.14. The Morgan fingerprint density at radius 1 is 1.05 bits per heavy atom. The molecule has 4 aliphatic rings. The van der Waals surface area contributed by atoms with Gasteiger partial charge in [0.2, 0.25) is 5.91 Å². The van der Waals surface area contributed by atoms with Crippen LogP contribution >= 0.6 is 15.9 Å². The topological polar surface area (TPSA) is 65.9 Å². The van der Waals surface area contributed by atoms with Crippen LogP contribution in [0.1, 0.15) is 43.7 Å². The van der Waals surface area contributed by atoms with E-state index in [0.29, 0.717) is 12.5 Å². The Kier molecular flexibility index (Phi) is 4.97. The van der Waals surface area contributed by atoms with Crippen molar-refractivity contribution < 1.29 is 9.59 Å². The third kappa shape index (κ3) is 3.81. The number of halogens is 1. The van der Waals surface area contributed by atoms with Gasteiger partial charge in [-0.2, -0.15) is 0 Å². The highest BCUT2D eigenvalue weighted by Crippen LogP contribution is 2.48. The second-order valence-electron chi connectivity index (χ2n) is 11.6. The van der Waals surface area contributed by atoms with Gasteiger partial charge < -0.3 is 4.90 Å². The Labute approximate surface area is 224 Å². The highest BCUT2D eigenvalue weighted by Gasteiger charge is 2.58. The number of amidine groups is 1. The fourth-order valence-corrected chi connectivity index (χ4v) is 6.04. The number of benzene rings is 2. The zero-order valence-electron chi connectivity index (χ0n) is 21.1. The van der Waals surface area contributed by atoms with Crippen molar-refractivity contribution in [3.8, 4) is 11.3 Å². The number of nitrogens with zero attached hydrogens (tertiary/aromatic N) is 4. The molecular weight excluding hydrogens is 528 g/mol. The lowest BCUT2D eigenvalue weighted by Gasteiger charge is -2.42. The molecule has 7 rings (SSSR count). The lowest BCUT2D eigenvalue weighted by atomic mass is 9.95. The molecule has 2 amide bonds. The molecule has 0 bridgehead atoms. The fraction of sp³-hybridized carbons (Fsp3) is 0.400. The number of rotatable bonds is 5. The molecule has 1 aromatic heterocycles. The van der Waals surface area contributed by atoms with Gasteiger partial charge in [-0.3, -0.25) is 19.5 Å². The third-order valence-electron chi connectivity index (χ3n) is 8.56. The zero-order valence-corrected chi connectivity index (χ0v) is 22.7. The maximum atomic E-state index is 13.4. The van der Waals surface area contributed by atoms with Gasteiger partial charge >= 0.3 is 0 Å². The molecule has 2 aromatic carbocycles. The summed E-state index contributed by atoms with van der Waals surface area (Å²) in [6.07, 6.45) is 3.65. The van der Waals surface area contributed by atoms with E-state index in [9.17, 15) is 9.59 Å². The molecule has 37 heavy (non-hydrogen) atoms. The summed E-state index contributed by atoms with van der Waals surface area (Å²) in [5.41, 5.74) is 4.32. The number of carbonyl (C=O) groups excluding carboxylic acids is 2. The van der Waals surface area contributed by atoms with E-state index in [2.05, 4.69) is 66.2 Å². The summed E-state index contributed by atoms with van der Waals surface area (Å²) in [4.78, 5) is 39.8. The average molecular weight is 557 g/mol. The van der Waals surface area contributed by atoms with E-state index < -0.39 is 5.54 Å². The molecular formula is C30H29BrN4O2. The third-order valence-corrected chi connectivity index (χ3v) is 9.05. The van der Waals surface area contributed by atoms with Gasteiger partial charge in [0.1, 0.15) is 11.4 Å². The standard InChI is InChI=1S/C30H29BrN4O2/c1-18-13-21(24-8-5-20-3-6-22(31)14-25(20)32-24)4-7-23(18)26-33-30(11-12-30)28(37)35(26)17-19-15-34(16-19)27(36)29(2)9-10-29/h3-8,13-14,19H,9-12,15-17H2,1-2H3. The van der Waals surface area contributed by atoms with Gasteiger partial charge in [-0.05, 0) is 62.4 Å². The van der Waals surface area contributed by atoms with E-state index in [4.69, 9.17) is 9.98 Å². The summed E-state index contributed by atoms with van der Waals surface area (Å²) in [7, 11) is 0. The Hall–Kier alpha value is -3.06. The van der Waals surface area contributed by atoms with Gasteiger partial charge in [0, 0.05) is 52.0 Å². The summed E-state index contributed by atoms with van der Waals surface area (Å²) in [6.45, 7) is 6.25. The molecule has 0 unspecified atom stereocenters. The summed E-state index contributed by atoms with van der Waals surface area (Å²) >= 11 is 3.54. The number of hydrogen-bond donors (Lipinski definition) is 0. The smallest absolute Gasteiger partial charge is 0.256 e. The number of likely N-dealkylation sites (tertiary alicyclic amines) is 1. The van der Waals surface area contributed by atoms with Crippen LogP contribution in [0, 0.1) is 18.3 Å². The monoisotopic (exact) mass is 556 g/mol. The number of carbonyl (C=O) groups is 2. The predicted octanol–water partition coefficient (Wildman–Crippen LogP) is 5.35. The van der Waals surface area contributed by atoms with Gasteiger partial charge in [-0.25, -0.2) is 4.98 Å². The van der Waals surface area contributed by atoms with Crippen molar-refractivity contribution in [1.82, 2.24) is 14.8 Å². The number of hydrogen-bond acceptors (Lipinski definition) is 4. The normalized spacial score (nSPS) is 21.4. The minimum Gasteiger partial charge on any atom is -0.341 e. The van der Waals surface area contributed by atoms with E-state index in [-0.39, 0.29) is 17.2 Å². The number of pyridine rings is 1. The molecule has 0 radical (unpaired) electrons. The first kappa shape index (κ1) is 23.1. The maximum absolute atomic E-state index is 13.4. The molecule has 1 saturated heterocycles. The zero-order chi connectivity index (χ0) is 25.5. The molecule has 3 aromatic rings. The van der Waals surface area contributed by atoms with E-state index >= 15 is 0 Å². The van der Waals surface area contributed by atoms with Crippen molar-refractivity contribution in [2.24, 2.45) is 16.3 Å².